The molecule has 0 aromatic rings. The van der Waals surface area contributed by atoms with Crippen LogP contribution in [0, 0.1) is 5.92 Å². The molecule has 1 amide bonds. The molecule has 1 aliphatic rings. The Morgan fingerprint density at radius 2 is 2.33 bits per heavy atom. The first kappa shape index (κ1) is 11.6. The van der Waals surface area contributed by atoms with Crippen molar-refractivity contribution in [3.63, 3.8) is 0 Å². The molecule has 2 atom stereocenters. The Bertz CT molecular complexity index is 277. The summed E-state index contributed by atoms with van der Waals surface area (Å²) in [5.41, 5.74) is 0. The zero-order chi connectivity index (χ0) is 11.4. The molecule has 84 valence electrons. The van der Waals surface area contributed by atoms with Crippen LogP contribution >= 0.6 is 0 Å². The molecule has 0 saturated carbocycles. The summed E-state index contributed by atoms with van der Waals surface area (Å²) in [6, 6.07) is -0.752. The molecule has 1 aliphatic heterocycles. The predicted molar refractivity (Wildman–Crippen MR) is 53.5 cm³/mol. The lowest BCUT2D eigenvalue weighted by molar-refractivity contribution is -0.141. The molecule has 0 bridgehead atoms. The van der Waals surface area contributed by atoms with Crippen molar-refractivity contribution in [3.05, 3.63) is 12.7 Å². The highest BCUT2D eigenvalue weighted by atomic mass is 16.6. The fraction of sp³-hybridized carbons (Fsp3) is 0.600. The molecule has 0 aliphatic carbocycles. The van der Waals surface area contributed by atoms with Crippen molar-refractivity contribution in [1.29, 1.82) is 0 Å². The van der Waals surface area contributed by atoms with Gasteiger partial charge >= 0.3 is 12.1 Å². The summed E-state index contributed by atoms with van der Waals surface area (Å²) < 4.78 is 4.81. The Morgan fingerprint density at radius 3 is 2.87 bits per heavy atom. The number of rotatable bonds is 3. The van der Waals surface area contributed by atoms with E-state index < -0.39 is 18.1 Å². The number of carbonyl (C=O) groups excluding carboxylic acids is 1. The number of aliphatic carboxylic acids is 1. The van der Waals surface area contributed by atoms with E-state index in [4.69, 9.17) is 9.84 Å². The number of carboxylic acids is 1. The molecule has 0 radical (unpaired) electrons. The maximum absolute atomic E-state index is 11.5. The number of carboxylic acid groups (broad SMARTS) is 1. The second-order valence-corrected chi connectivity index (χ2v) is 3.71. The second kappa shape index (κ2) is 4.82. The SMILES string of the molecule is C=CCOC(=O)N1C[C@H](C)C[C@H]1C(=O)O. The van der Waals surface area contributed by atoms with E-state index in [0.29, 0.717) is 13.0 Å². The fourth-order valence-corrected chi connectivity index (χ4v) is 1.69. The van der Waals surface area contributed by atoms with Gasteiger partial charge in [0.05, 0.1) is 0 Å². The summed E-state index contributed by atoms with van der Waals surface area (Å²) in [7, 11) is 0. The Labute approximate surface area is 88.3 Å². The van der Waals surface area contributed by atoms with Gasteiger partial charge in [-0.15, -0.1) is 0 Å². The van der Waals surface area contributed by atoms with Crippen molar-refractivity contribution in [3.8, 4) is 0 Å². The van der Waals surface area contributed by atoms with Crippen molar-refractivity contribution in [2.75, 3.05) is 13.2 Å². The Balaban J connectivity index is 2.62. The summed E-state index contributed by atoms with van der Waals surface area (Å²) in [5.74, 6) is -0.780. The molecular weight excluding hydrogens is 198 g/mol. The van der Waals surface area contributed by atoms with E-state index in [9.17, 15) is 9.59 Å². The smallest absolute Gasteiger partial charge is 0.410 e. The normalized spacial score (nSPS) is 25.0. The lowest BCUT2D eigenvalue weighted by Crippen LogP contribution is -2.40. The molecule has 0 aromatic heterocycles. The highest BCUT2D eigenvalue weighted by Gasteiger charge is 2.38. The van der Waals surface area contributed by atoms with Crippen molar-refractivity contribution in [2.24, 2.45) is 5.92 Å². The zero-order valence-electron chi connectivity index (χ0n) is 8.68. The van der Waals surface area contributed by atoms with Crippen LogP contribution in [0.4, 0.5) is 4.79 Å². The topological polar surface area (TPSA) is 66.8 Å². The van der Waals surface area contributed by atoms with Crippen molar-refractivity contribution >= 4 is 12.1 Å². The molecule has 1 N–H and O–H groups in total. The van der Waals surface area contributed by atoms with Crippen LogP contribution in [0.15, 0.2) is 12.7 Å². The second-order valence-electron chi connectivity index (χ2n) is 3.71. The number of nitrogens with zero attached hydrogens (tertiary/aromatic N) is 1. The van der Waals surface area contributed by atoms with Gasteiger partial charge in [0.25, 0.3) is 0 Å². The standard InChI is InChI=1S/C10H15NO4/c1-3-4-15-10(14)11-6-7(2)5-8(11)9(12)13/h3,7-8H,1,4-6H2,2H3,(H,12,13)/t7-,8+/m1/s1. The summed E-state index contributed by atoms with van der Waals surface area (Å²) in [6.45, 7) is 5.87. The third kappa shape index (κ3) is 2.71. The minimum absolute atomic E-state index is 0.107. The predicted octanol–water partition coefficient (Wildman–Crippen LogP) is 1.10. The highest BCUT2D eigenvalue weighted by Crippen LogP contribution is 2.23. The van der Waals surface area contributed by atoms with Crippen LogP contribution in [-0.4, -0.2) is 41.3 Å². The van der Waals surface area contributed by atoms with Crippen molar-refractivity contribution < 1.29 is 19.4 Å². The monoisotopic (exact) mass is 213 g/mol. The number of ether oxygens (including phenoxy) is 1. The van der Waals surface area contributed by atoms with E-state index in [1.165, 1.54) is 11.0 Å². The number of hydrogen-bond donors (Lipinski definition) is 1. The van der Waals surface area contributed by atoms with Gasteiger partial charge in [-0.2, -0.15) is 0 Å². The average molecular weight is 213 g/mol. The first-order chi connectivity index (χ1) is 7.06. The average Bonchev–Trinajstić information content (AvgIpc) is 2.57. The van der Waals surface area contributed by atoms with Crippen LogP contribution in [0.2, 0.25) is 0 Å². The van der Waals surface area contributed by atoms with Gasteiger partial charge in [0.1, 0.15) is 12.6 Å². The highest BCUT2D eigenvalue weighted by molar-refractivity contribution is 5.80. The van der Waals surface area contributed by atoms with Gasteiger partial charge < -0.3 is 9.84 Å². The van der Waals surface area contributed by atoms with Crippen LogP contribution < -0.4 is 0 Å². The van der Waals surface area contributed by atoms with E-state index >= 15 is 0 Å². The molecule has 1 rings (SSSR count). The fourth-order valence-electron chi connectivity index (χ4n) is 1.69. The van der Waals surface area contributed by atoms with Gasteiger partial charge in [-0.05, 0) is 12.3 Å². The molecule has 0 spiro atoms. The number of amides is 1. The van der Waals surface area contributed by atoms with Crippen LogP contribution in [0.1, 0.15) is 13.3 Å². The van der Waals surface area contributed by atoms with E-state index in [1.54, 1.807) is 0 Å². The van der Waals surface area contributed by atoms with Gasteiger partial charge in [-0.25, -0.2) is 9.59 Å². The molecule has 1 heterocycles. The lowest BCUT2D eigenvalue weighted by atomic mass is 10.1. The van der Waals surface area contributed by atoms with Crippen LogP contribution in [-0.2, 0) is 9.53 Å². The molecule has 0 aromatic carbocycles. The Morgan fingerprint density at radius 1 is 1.67 bits per heavy atom. The van der Waals surface area contributed by atoms with Crippen LogP contribution in [0.25, 0.3) is 0 Å². The lowest BCUT2D eigenvalue weighted by Gasteiger charge is -2.20. The molecule has 5 nitrogen and oxygen atoms in total. The summed E-state index contributed by atoms with van der Waals surface area (Å²) >= 11 is 0. The minimum atomic E-state index is -0.977. The number of hydrogen-bond acceptors (Lipinski definition) is 3. The van der Waals surface area contributed by atoms with E-state index in [2.05, 4.69) is 6.58 Å². The van der Waals surface area contributed by atoms with Crippen LogP contribution in [0.5, 0.6) is 0 Å². The largest absolute Gasteiger partial charge is 0.480 e. The molecule has 0 unspecified atom stereocenters. The summed E-state index contributed by atoms with van der Waals surface area (Å²) in [6.07, 6.45) is 1.36. The minimum Gasteiger partial charge on any atom is -0.480 e. The first-order valence-corrected chi connectivity index (χ1v) is 4.83. The van der Waals surface area contributed by atoms with E-state index in [-0.39, 0.29) is 12.5 Å². The van der Waals surface area contributed by atoms with E-state index in [0.717, 1.165) is 0 Å². The van der Waals surface area contributed by atoms with Crippen molar-refractivity contribution in [2.45, 2.75) is 19.4 Å². The van der Waals surface area contributed by atoms with Crippen molar-refractivity contribution in [1.82, 2.24) is 4.90 Å². The third-order valence-electron chi connectivity index (χ3n) is 2.35. The maximum Gasteiger partial charge on any atom is 0.410 e. The summed E-state index contributed by atoms with van der Waals surface area (Å²) in [5, 5.41) is 8.91. The molecule has 5 heteroatoms. The zero-order valence-corrected chi connectivity index (χ0v) is 8.68. The molecule has 15 heavy (non-hydrogen) atoms. The number of carbonyl (C=O) groups is 2. The van der Waals surface area contributed by atoms with Gasteiger partial charge in [-0.3, -0.25) is 4.90 Å². The summed E-state index contributed by atoms with van der Waals surface area (Å²) in [4.78, 5) is 23.6. The first-order valence-electron chi connectivity index (χ1n) is 4.83. The molecule has 1 saturated heterocycles. The van der Waals surface area contributed by atoms with Gasteiger partial charge in [-0.1, -0.05) is 19.6 Å². The molecule has 1 fully saturated rings. The van der Waals surface area contributed by atoms with Crippen LogP contribution in [0.3, 0.4) is 0 Å². The van der Waals surface area contributed by atoms with E-state index in [1.807, 2.05) is 6.92 Å². The van der Waals surface area contributed by atoms with Gasteiger partial charge in [0, 0.05) is 6.54 Å². The van der Waals surface area contributed by atoms with Gasteiger partial charge in [0.2, 0.25) is 0 Å². The maximum atomic E-state index is 11.5. The Kier molecular flexibility index (Phi) is 3.71. The third-order valence-corrected chi connectivity index (χ3v) is 2.35. The van der Waals surface area contributed by atoms with Gasteiger partial charge in [0.15, 0.2) is 0 Å². The quantitative estimate of drug-likeness (QED) is 0.713. The number of likely N-dealkylation sites (tertiary alicyclic amines) is 1. The molecular formula is C10H15NO4. The Hall–Kier alpha value is -1.52.